The van der Waals surface area contributed by atoms with E-state index in [0.29, 0.717) is 11.3 Å². The van der Waals surface area contributed by atoms with Crippen LogP contribution in [0.1, 0.15) is 0 Å². The Morgan fingerprint density at radius 3 is 1.88 bits per heavy atom. The maximum Gasteiger partial charge on any atom is 0.139 e. The predicted molar refractivity (Wildman–Crippen MR) is 200 cm³/mol. The van der Waals surface area contributed by atoms with Crippen LogP contribution in [0.25, 0.3) is 87.7 Å². The molecule has 0 atom stereocenters. The molecule has 0 saturated heterocycles. The first-order chi connectivity index (χ1) is 23.7. The van der Waals surface area contributed by atoms with Crippen LogP contribution in [0.5, 0.6) is 5.75 Å². The van der Waals surface area contributed by atoms with E-state index < -0.39 is 0 Å². The van der Waals surface area contributed by atoms with Gasteiger partial charge in [-0.3, -0.25) is 0 Å². The normalized spacial score (nSPS) is 11.3. The SMILES string of the molecule is C[N-]c1c(-c2ccccc2)cc2oc3ccccc3c2c1O.[W].c1ccc2c(c1)[nH]c1cc(-n3c4ccccc4c4ccccc43)ccc12. The molecular weight excluding hydrogens is 774 g/mol. The van der Waals surface area contributed by atoms with E-state index in [4.69, 9.17) is 4.42 Å². The molecule has 0 aliphatic heterocycles. The van der Waals surface area contributed by atoms with Gasteiger partial charge in [-0.1, -0.05) is 115 Å². The van der Waals surface area contributed by atoms with Crippen molar-refractivity contribution in [2.24, 2.45) is 0 Å². The van der Waals surface area contributed by atoms with Gasteiger partial charge in [-0.05, 0) is 53.6 Å². The van der Waals surface area contributed by atoms with Crippen LogP contribution in [0.4, 0.5) is 5.69 Å². The maximum absolute atomic E-state index is 10.7. The number of para-hydroxylation sites is 4. The Morgan fingerprint density at radius 1 is 0.571 bits per heavy atom. The number of H-pyrrole nitrogens is 1. The van der Waals surface area contributed by atoms with Gasteiger partial charge < -0.3 is 24.4 Å². The molecule has 3 heterocycles. The van der Waals surface area contributed by atoms with Crippen molar-refractivity contribution >= 4 is 71.2 Å². The van der Waals surface area contributed by atoms with E-state index >= 15 is 0 Å². The average Bonchev–Trinajstić information content (AvgIpc) is 3.81. The summed E-state index contributed by atoms with van der Waals surface area (Å²) in [4.78, 5) is 3.56. The van der Waals surface area contributed by atoms with Crippen LogP contribution in [0.3, 0.4) is 0 Å². The summed E-state index contributed by atoms with van der Waals surface area (Å²) in [5, 5.41) is 21.8. The first-order valence-corrected chi connectivity index (χ1v) is 16.0. The topological polar surface area (TPSA) is 68.2 Å². The molecule has 49 heavy (non-hydrogen) atoms. The number of benzene rings is 7. The fourth-order valence-corrected chi connectivity index (χ4v) is 7.10. The fourth-order valence-electron chi connectivity index (χ4n) is 7.10. The summed E-state index contributed by atoms with van der Waals surface area (Å²) in [5.41, 5.74) is 9.91. The van der Waals surface area contributed by atoms with E-state index in [0.717, 1.165) is 27.5 Å². The largest absolute Gasteiger partial charge is 0.683 e. The first-order valence-electron chi connectivity index (χ1n) is 16.0. The van der Waals surface area contributed by atoms with Gasteiger partial charge in [0.05, 0.1) is 16.4 Å². The van der Waals surface area contributed by atoms with E-state index in [2.05, 4.69) is 106 Å². The van der Waals surface area contributed by atoms with Crippen molar-refractivity contribution in [1.82, 2.24) is 9.55 Å². The Hall–Kier alpha value is -5.77. The zero-order valence-electron chi connectivity index (χ0n) is 26.6. The Bertz CT molecular complexity index is 2740. The number of phenols is 1. The third kappa shape index (κ3) is 4.97. The Labute approximate surface area is 296 Å². The number of aromatic hydroxyl groups is 1. The number of fused-ring (bicyclic) bond motifs is 9. The van der Waals surface area contributed by atoms with Gasteiger partial charge in [0.15, 0.2) is 0 Å². The molecule has 6 heteroatoms. The Morgan fingerprint density at radius 2 is 1.16 bits per heavy atom. The van der Waals surface area contributed by atoms with Crippen LogP contribution in [0, 0.1) is 0 Å². The quantitative estimate of drug-likeness (QED) is 0.187. The summed E-state index contributed by atoms with van der Waals surface area (Å²) in [6.45, 7) is 0. The zero-order chi connectivity index (χ0) is 32.2. The molecule has 0 bridgehead atoms. The predicted octanol–water partition coefficient (Wildman–Crippen LogP) is 12.0. The number of nitrogens with one attached hydrogen (secondary N) is 1. The second-order valence-corrected chi connectivity index (χ2v) is 12.0. The number of aromatic amines is 1. The minimum atomic E-state index is 0. The number of rotatable bonds is 3. The van der Waals surface area contributed by atoms with Gasteiger partial charge >= 0.3 is 0 Å². The summed E-state index contributed by atoms with van der Waals surface area (Å²) in [5.74, 6) is 0.170. The molecule has 2 N–H and O–H groups in total. The van der Waals surface area contributed by atoms with E-state index in [-0.39, 0.29) is 26.8 Å². The number of hydrogen-bond acceptors (Lipinski definition) is 2. The number of nitrogens with zero attached hydrogens (tertiary/aromatic N) is 2. The monoisotopic (exact) mass is 804 g/mol. The molecule has 0 radical (unpaired) electrons. The number of furan rings is 1. The van der Waals surface area contributed by atoms with Crippen LogP contribution >= 0.6 is 0 Å². The van der Waals surface area contributed by atoms with E-state index in [9.17, 15) is 5.11 Å². The van der Waals surface area contributed by atoms with Gasteiger partial charge in [-0.15, -0.1) is 7.05 Å². The molecule has 3 aromatic heterocycles. The summed E-state index contributed by atoms with van der Waals surface area (Å²) >= 11 is 0. The van der Waals surface area contributed by atoms with Gasteiger partial charge in [-0.2, -0.15) is 0 Å². The van der Waals surface area contributed by atoms with Crippen LogP contribution < -0.4 is 0 Å². The Balaban J connectivity index is 0.000000141. The van der Waals surface area contributed by atoms with Crippen molar-refractivity contribution in [2.45, 2.75) is 0 Å². The molecule has 0 fully saturated rings. The second-order valence-electron chi connectivity index (χ2n) is 12.0. The van der Waals surface area contributed by atoms with Crippen LogP contribution in [0.15, 0.2) is 156 Å². The standard InChI is InChI=1S/C24H16N2.C19H14NO2.W/c1-4-10-21-17(7-1)18-14-13-16(15-22(18)25-21)26-23-11-5-2-8-19(23)20-9-3-6-12-24(20)26;1-20-18-14(12-7-3-2-4-8-12)11-16-17(19(18)21)13-9-5-6-10-15(13)22-16;/h1-15,25H;2-11,21H,1H3;/q;-1;. The summed E-state index contributed by atoms with van der Waals surface area (Å²) < 4.78 is 8.25. The molecule has 0 spiro atoms. The van der Waals surface area contributed by atoms with Crippen LogP contribution in [-0.4, -0.2) is 21.7 Å². The summed E-state index contributed by atoms with van der Waals surface area (Å²) in [6, 6.07) is 52.0. The summed E-state index contributed by atoms with van der Waals surface area (Å²) in [6.07, 6.45) is 0. The van der Waals surface area contributed by atoms with Crippen molar-refractivity contribution in [2.75, 3.05) is 7.05 Å². The minimum Gasteiger partial charge on any atom is -0.683 e. The van der Waals surface area contributed by atoms with Gasteiger partial charge in [0.2, 0.25) is 0 Å². The molecule has 7 aromatic carbocycles. The molecule has 5 nitrogen and oxygen atoms in total. The third-order valence-corrected chi connectivity index (χ3v) is 9.25. The molecule has 0 amide bonds. The van der Waals surface area contributed by atoms with Gasteiger partial charge in [0.25, 0.3) is 0 Å². The number of phenolic OH excluding ortho intramolecular Hbond substituents is 1. The molecule has 0 unspecified atom stereocenters. The molecular formula is C43H30N3O2W-. The van der Waals surface area contributed by atoms with Crippen LogP contribution in [0.2, 0.25) is 0 Å². The second kappa shape index (κ2) is 12.4. The van der Waals surface area contributed by atoms with E-state index in [1.54, 1.807) is 7.05 Å². The van der Waals surface area contributed by atoms with Crippen molar-refractivity contribution in [3.63, 3.8) is 0 Å². The number of aromatic nitrogens is 2. The van der Waals surface area contributed by atoms with Gasteiger partial charge in [-0.25, -0.2) is 0 Å². The Kier molecular flexibility index (Phi) is 7.70. The molecule has 0 aliphatic carbocycles. The van der Waals surface area contributed by atoms with Crippen molar-refractivity contribution in [3.05, 3.63) is 157 Å². The molecule has 236 valence electrons. The smallest absolute Gasteiger partial charge is 0.139 e. The fraction of sp³-hybridized carbons (Fsp3) is 0.0233. The van der Waals surface area contributed by atoms with Gasteiger partial charge in [0.1, 0.15) is 16.9 Å². The van der Waals surface area contributed by atoms with Gasteiger partial charge in [0, 0.05) is 64.7 Å². The van der Waals surface area contributed by atoms with Crippen LogP contribution in [-0.2, 0) is 21.1 Å². The van der Waals surface area contributed by atoms with Crippen molar-refractivity contribution < 1.29 is 30.6 Å². The van der Waals surface area contributed by atoms with Crippen molar-refractivity contribution in [3.8, 4) is 22.6 Å². The molecule has 10 aromatic rings. The molecule has 0 aliphatic rings. The minimum absolute atomic E-state index is 0. The summed E-state index contributed by atoms with van der Waals surface area (Å²) in [7, 11) is 1.69. The number of hydrogen-bond donors (Lipinski definition) is 2. The zero-order valence-corrected chi connectivity index (χ0v) is 29.5. The van der Waals surface area contributed by atoms with E-state index in [1.807, 2.05) is 60.7 Å². The molecule has 0 saturated carbocycles. The van der Waals surface area contributed by atoms with Crippen molar-refractivity contribution in [1.29, 1.82) is 0 Å². The van der Waals surface area contributed by atoms with E-state index in [1.165, 1.54) is 49.3 Å². The average molecular weight is 805 g/mol. The molecule has 10 rings (SSSR count). The first kappa shape index (κ1) is 30.6. The maximum atomic E-state index is 10.7. The third-order valence-electron chi connectivity index (χ3n) is 9.25.